The highest BCUT2D eigenvalue weighted by Gasteiger charge is 2.30. The van der Waals surface area contributed by atoms with Crippen molar-refractivity contribution in [3.05, 3.63) is 35.4 Å². The Morgan fingerprint density at radius 3 is 2.33 bits per heavy atom. The van der Waals surface area contributed by atoms with Crippen molar-refractivity contribution in [1.82, 2.24) is 5.32 Å². The summed E-state index contributed by atoms with van der Waals surface area (Å²) in [4.78, 5) is 22.6. The Labute approximate surface area is 123 Å². The van der Waals surface area contributed by atoms with Crippen LogP contribution in [0.15, 0.2) is 24.3 Å². The lowest BCUT2D eigenvalue weighted by atomic mass is 10.1. The number of benzene rings is 1. The molecule has 1 aromatic rings. The van der Waals surface area contributed by atoms with Crippen molar-refractivity contribution in [2.75, 3.05) is 6.54 Å². The second-order valence-electron chi connectivity index (χ2n) is 5.32. The maximum atomic E-state index is 11.8. The summed E-state index contributed by atoms with van der Waals surface area (Å²) in [6.45, 7) is 5.11. The van der Waals surface area contributed by atoms with E-state index in [1.807, 2.05) is 13.8 Å². The first-order valence-corrected chi connectivity index (χ1v) is 6.67. The van der Waals surface area contributed by atoms with Crippen LogP contribution in [0, 0.1) is 0 Å². The Bertz CT molecular complexity index is 493. The average molecular weight is 295 g/mol. The molecular weight excluding hydrogens is 274 g/mol. The normalized spacial score (nSPS) is 13.8. The Hall–Kier alpha value is -1.92. The maximum Gasteiger partial charge on any atom is 0.337 e. The molecule has 0 radical (unpaired) electrons. The molecule has 6 nitrogen and oxygen atoms in total. The number of aliphatic carboxylic acids is 1. The Morgan fingerprint density at radius 1 is 1.29 bits per heavy atom. The number of hydrogen-bond donors (Lipinski definition) is 3. The van der Waals surface area contributed by atoms with Gasteiger partial charge in [0.15, 0.2) is 5.60 Å². The van der Waals surface area contributed by atoms with Gasteiger partial charge in [-0.15, -0.1) is 0 Å². The number of amides is 1. The van der Waals surface area contributed by atoms with E-state index >= 15 is 0 Å². The fourth-order valence-electron chi connectivity index (χ4n) is 1.45. The molecule has 1 atom stereocenters. The van der Waals surface area contributed by atoms with E-state index in [2.05, 4.69) is 5.32 Å². The van der Waals surface area contributed by atoms with Gasteiger partial charge in [0, 0.05) is 5.56 Å². The number of ether oxygens (including phenoxy) is 1. The second-order valence-corrected chi connectivity index (χ2v) is 5.32. The van der Waals surface area contributed by atoms with Gasteiger partial charge >= 0.3 is 5.97 Å². The molecule has 0 aliphatic carbocycles. The van der Waals surface area contributed by atoms with Crippen molar-refractivity contribution in [3.63, 3.8) is 0 Å². The van der Waals surface area contributed by atoms with Crippen molar-refractivity contribution >= 4 is 11.9 Å². The third-order valence-electron chi connectivity index (χ3n) is 2.85. The van der Waals surface area contributed by atoms with Gasteiger partial charge in [0.25, 0.3) is 5.91 Å². The molecule has 1 aromatic carbocycles. The van der Waals surface area contributed by atoms with Gasteiger partial charge in [-0.3, -0.25) is 4.79 Å². The van der Waals surface area contributed by atoms with Crippen LogP contribution in [0.25, 0.3) is 0 Å². The minimum atomic E-state index is -1.99. The zero-order chi connectivity index (χ0) is 16.0. The lowest BCUT2D eigenvalue weighted by Crippen LogP contribution is -2.46. The van der Waals surface area contributed by atoms with Crippen molar-refractivity contribution in [3.8, 4) is 0 Å². The molecule has 0 saturated heterocycles. The molecule has 21 heavy (non-hydrogen) atoms. The lowest BCUT2D eigenvalue weighted by molar-refractivity contribution is -0.155. The van der Waals surface area contributed by atoms with Crippen LogP contribution in [0.3, 0.4) is 0 Å². The van der Waals surface area contributed by atoms with E-state index in [1.165, 1.54) is 0 Å². The number of nitrogens with one attached hydrogen (secondary N) is 1. The quantitative estimate of drug-likeness (QED) is 0.702. The lowest BCUT2D eigenvalue weighted by Gasteiger charge is -2.18. The van der Waals surface area contributed by atoms with E-state index in [-0.39, 0.29) is 12.6 Å². The largest absolute Gasteiger partial charge is 0.479 e. The maximum absolute atomic E-state index is 11.8. The Kier molecular flexibility index (Phi) is 5.87. The van der Waals surface area contributed by atoms with Gasteiger partial charge in [0.2, 0.25) is 0 Å². The van der Waals surface area contributed by atoms with Crippen molar-refractivity contribution < 1.29 is 24.5 Å². The molecule has 0 aliphatic rings. The summed E-state index contributed by atoms with van der Waals surface area (Å²) in [5.74, 6) is -1.82. The smallest absolute Gasteiger partial charge is 0.337 e. The predicted molar refractivity (Wildman–Crippen MR) is 77.0 cm³/mol. The SMILES string of the molecule is CC(C)OCc1ccc(C(=O)NCC(C)(O)C(=O)O)cc1. The number of rotatable bonds is 7. The van der Waals surface area contributed by atoms with Crippen LogP contribution in [0.2, 0.25) is 0 Å². The molecular formula is C15H21NO5. The first kappa shape index (κ1) is 17.1. The minimum Gasteiger partial charge on any atom is -0.479 e. The number of carbonyl (C=O) groups excluding carboxylic acids is 1. The summed E-state index contributed by atoms with van der Waals surface area (Å²) < 4.78 is 5.45. The van der Waals surface area contributed by atoms with Gasteiger partial charge < -0.3 is 20.3 Å². The zero-order valence-electron chi connectivity index (χ0n) is 12.4. The van der Waals surface area contributed by atoms with Gasteiger partial charge in [-0.25, -0.2) is 4.79 Å². The highest BCUT2D eigenvalue weighted by molar-refractivity contribution is 5.94. The molecule has 3 N–H and O–H groups in total. The summed E-state index contributed by atoms with van der Waals surface area (Å²) in [6.07, 6.45) is 0.131. The van der Waals surface area contributed by atoms with E-state index in [9.17, 15) is 14.7 Å². The fourth-order valence-corrected chi connectivity index (χ4v) is 1.45. The molecule has 0 saturated carbocycles. The highest BCUT2D eigenvalue weighted by Crippen LogP contribution is 2.08. The van der Waals surface area contributed by atoms with Gasteiger partial charge in [-0.2, -0.15) is 0 Å². The van der Waals surface area contributed by atoms with E-state index < -0.39 is 17.5 Å². The fraction of sp³-hybridized carbons (Fsp3) is 0.467. The molecule has 1 unspecified atom stereocenters. The average Bonchev–Trinajstić information content (AvgIpc) is 2.43. The molecule has 0 heterocycles. The molecule has 0 aromatic heterocycles. The predicted octanol–water partition coefficient (Wildman–Crippen LogP) is 1.18. The molecule has 1 rings (SSSR count). The van der Waals surface area contributed by atoms with Crippen molar-refractivity contribution in [1.29, 1.82) is 0 Å². The van der Waals surface area contributed by atoms with Crippen LogP contribution in [0.1, 0.15) is 36.7 Å². The van der Waals surface area contributed by atoms with Gasteiger partial charge in [-0.1, -0.05) is 12.1 Å². The third kappa shape index (κ3) is 5.53. The molecule has 116 valence electrons. The highest BCUT2D eigenvalue weighted by atomic mass is 16.5. The van der Waals surface area contributed by atoms with Gasteiger partial charge in [0.1, 0.15) is 0 Å². The van der Waals surface area contributed by atoms with Crippen LogP contribution >= 0.6 is 0 Å². The minimum absolute atomic E-state index is 0.131. The summed E-state index contributed by atoms with van der Waals surface area (Å²) in [7, 11) is 0. The van der Waals surface area contributed by atoms with Crippen molar-refractivity contribution in [2.45, 2.75) is 39.1 Å². The van der Waals surface area contributed by atoms with Gasteiger partial charge in [-0.05, 0) is 38.5 Å². The van der Waals surface area contributed by atoms with Crippen LogP contribution in [-0.4, -0.2) is 40.3 Å². The van der Waals surface area contributed by atoms with E-state index in [0.717, 1.165) is 12.5 Å². The molecule has 0 fully saturated rings. The zero-order valence-corrected chi connectivity index (χ0v) is 12.4. The molecule has 1 amide bonds. The van der Waals surface area contributed by atoms with Crippen molar-refractivity contribution in [2.24, 2.45) is 0 Å². The summed E-state index contributed by atoms with van der Waals surface area (Å²) in [6, 6.07) is 6.80. The molecule has 0 aliphatic heterocycles. The topological polar surface area (TPSA) is 95.9 Å². The Balaban J connectivity index is 2.57. The van der Waals surface area contributed by atoms with Crippen LogP contribution in [0.5, 0.6) is 0 Å². The number of carboxylic acids is 1. The van der Waals surface area contributed by atoms with Crippen LogP contribution in [-0.2, 0) is 16.1 Å². The summed E-state index contributed by atoms with van der Waals surface area (Å²) in [5, 5.41) is 20.7. The van der Waals surface area contributed by atoms with Crippen LogP contribution < -0.4 is 5.32 Å². The second kappa shape index (κ2) is 7.19. The van der Waals surface area contributed by atoms with Crippen LogP contribution in [0.4, 0.5) is 0 Å². The molecule has 0 bridgehead atoms. The first-order valence-electron chi connectivity index (χ1n) is 6.67. The Morgan fingerprint density at radius 2 is 1.86 bits per heavy atom. The number of hydrogen-bond acceptors (Lipinski definition) is 4. The number of carboxylic acid groups (broad SMARTS) is 1. The molecule has 0 spiro atoms. The number of aliphatic hydroxyl groups is 1. The standard InChI is InChI=1S/C15H21NO5/c1-10(2)21-8-11-4-6-12(7-5-11)13(17)16-9-15(3,20)14(18)19/h4-7,10,20H,8-9H2,1-3H3,(H,16,17)(H,18,19). The van der Waals surface area contributed by atoms with E-state index in [1.54, 1.807) is 24.3 Å². The van der Waals surface area contributed by atoms with E-state index in [0.29, 0.717) is 12.2 Å². The van der Waals surface area contributed by atoms with E-state index in [4.69, 9.17) is 9.84 Å². The monoisotopic (exact) mass is 295 g/mol. The molecule has 6 heteroatoms. The first-order chi connectivity index (χ1) is 9.72. The third-order valence-corrected chi connectivity index (χ3v) is 2.85. The summed E-state index contributed by atoms with van der Waals surface area (Å²) >= 11 is 0. The number of carbonyl (C=O) groups is 2. The van der Waals surface area contributed by atoms with Gasteiger partial charge in [0.05, 0.1) is 19.3 Å². The summed E-state index contributed by atoms with van der Waals surface area (Å²) in [5.41, 5.74) is -0.650.